The first-order valence-corrected chi connectivity index (χ1v) is 10.2. The topological polar surface area (TPSA) is 71.5 Å². The Bertz CT molecular complexity index is 1040. The summed E-state index contributed by atoms with van der Waals surface area (Å²) >= 11 is 3.55. The van der Waals surface area contributed by atoms with Crippen LogP contribution in [-0.2, 0) is 4.74 Å². The molecule has 2 heterocycles. The molecule has 4 rings (SSSR count). The van der Waals surface area contributed by atoms with Gasteiger partial charge >= 0.3 is 29.6 Å². The Balaban J connectivity index is 0.00000256. The molecule has 0 amide bonds. The maximum Gasteiger partial charge on any atom is 1.00 e. The largest absolute Gasteiger partial charge is 1.00 e. The van der Waals surface area contributed by atoms with Crippen molar-refractivity contribution in [3.63, 3.8) is 0 Å². The van der Waals surface area contributed by atoms with Gasteiger partial charge in [0, 0.05) is 28.1 Å². The van der Waals surface area contributed by atoms with Crippen molar-refractivity contribution in [2.24, 2.45) is 5.92 Å². The summed E-state index contributed by atoms with van der Waals surface area (Å²) in [6, 6.07) is 18.5. The van der Waals surface area contributed by atoms with Crippen molar-refractivity contribution in [2.45, 2.75) is 6.42 Å². The van der Waals surface area contributed by atoms with Gasteiger partial charge in [0.1, 0.15) is 5.75 Å². The zero-order valence-electron chi connectivity index (χ0n) is 16.6. The molecule has 1 aliphatic heterocycles. The number of hydrogen-bond donors (Lipinski definition) is 0. The Morgan fingerprint density at radius 3 is 2.63 bits per heavy atom. The van der Waals surface area contributed by atoms with E-state index in [1.165, 1.54) is 6.07 Å². The number of carbonyl (C=O) groups excluding carboxylic acids is 1. The van der Waals surface area contributed by atoms with Gasteiger partial charge in [0.05, 0.1) is 30.6 Å². The molecule has 2 aromatic carbocycles. The predicted octanol–water partition coefficient (Wildman–Crippen LogP) is 0.961. The standard InChI is InChI=1S/C23H20BrNO4.Na/c24-16-8-9-22(29-14-15-10-11-28-13-15)19(12-16)17-4-1-2-5-18(17)20-6-3-7-21(25-20)23(26)27;/h1-9,12,15H,10-11,13-14H2,(H,26,27);/q;+1/p-1/t15-;/m1./s1. The second-order valence-electron chi connectivity index (χ2n) is 6.92. The molecule has 0 aliphatic carbocycles. The maximum atomic E-state index is 11.2. The van der Waals surface area contributed by atoms with Gasteiger partial charge in [-0.15, -0.1) is 0 Å². The average molecular weight is 476 g/mol. The third kappa shape index (κ3) is 5.31. The first kappa shape index (κ1) is 23.0. The Morgan fingerprint density at radius 1 is 1.10 bits per heavy atom. The number of carboxylic acids is 1. The van der Waals surface area contributed by atoms with Crippen LogP contribution in [0.5, 0.6) is 5.75 Å². The van der Waals surface area contributed by atoms with Crippen molar-refractivity contribution in [2.75, 3.05) is 19.8 Å². The molecular weight excluding hydrogens is 457 g/mol. The molecule has 1 aliphatic rings. The van der Waals surface area contributed by atoms with Gasteiger partial charge in [-0.2, -0.15) is 0 Å². The third-order valence-corrected chi connectivity index (χ3v) is 5.38. The summed E-state index contributed by atoms with van der Waals surface area (Å²) in [7, 11) is 0. The smallest absolute Gasteiger partial charge is 0.543 e. The zero-order valence-corrected chi connectivity index (χ0v) is 20.2. The summed E-state index contributed by atoms with van der Waals surface area (Å²) in [5.74, 6) is -0.138. The Hall–Kier alpha value is -1.70. The van der Waals surface area contributed by atoms with Gasteiger partial charge in [0.2, 0.25) is 0 Å². The van der Waals surface area contributed by atoms with E-state index in [0.29, 0.717) is 18.2 Å². The fraction of sp³-hybridized carbons (Fsp3) is 0.217. The quantitative estimate of drug-likeness (QED) is 0.496. The number of aromatic carboxylic acids is 1. The molecule has 0 unspecified atom stereocenters. The minimum atomic E-state index is -1.30. The molecule has 1 atom stereocenters. The maximum absolute atomic E-state index is 11.2. The number of carboxylic acid groups (broad SMARTS) is 1. The summed E-state index contributed by atoms with van der Waals surface area (Å²) in [6.45, 7) is 2.10. The number of carbonyl (C=O) groups is 1. The molecule has 0 bridgehead atoms. The normalized spacial score (nSPS) is 15.4. The minimum Gasteiger partial charge on any atom is -0.543 e. The molecule has 3 aromatic rings. The number of nitrogens with zero attached hydrogens (tertiary/aromatic N) is 1. The van der Waals surface area contributed by atoms with E-state index in [9.17, 15) is 9.90 Å². The Kier molecular flexibility index (Phi) is 8.08. The van der Waals surface area contributed by atoms with Gasteiger partial charge in [-0.1, -0.05) is 46.3 Å². The first-order chi connectivity index (χ1) is 14.1. The van der Waals surface area contributed by atoms with Crippen LogP contribution < -0.4 is 39.4 Å². The molecule has 30 heavy (non-hydrogen) atoms. The van der Waals surface area contributed by atoms with E-state index in [1.54, 1.807) is 12.1 Å². The van der Waals surface area contributed by atoms with Crippen LogP contribution in [0.3, 0.4) is 0 Å². The molecule has 148 valence electrons. The summed E-state index contributed by atoms with van der Waals surface area (Å²) in [6.07, 6.45) is 1.00. The van der Waals surface area contributed by atoms with E-state index in [1.807, 2.05) is 42.5 Å². The monoisotopic (exact) mass is 475 g/mol. The fourth-order valence-electron chi connectivity index (χ4n) is 3.40. The number of hydrogen-bond acceptors (Lipinski definition) is 5. The van der Waals surface area contributed by atoms with Crippen molar-refractivity contribution in [1.82, 2.24) is 4.98 Å². The van der Waals surface area contributed by atoms with Gasteiger partial charge in [-0.05, 0) is 42.3 Å². The molecule has 0 radical (unpaired) electrons. The second-order valence-corrected chi connectivity index (χ2v) is 7.84. The van der Waals surface area contributed by atoms with Crippen LogP contribution in [0, 0.1) is 5.92 Å². The van der Waals surface area contributed by atoms with E-state index in [4.69, 9.17) is 9.47 Å². The van der Waals surface area contributed by atoms with Crippen molar-refractivity contribution in [3.05, 3.63) is 70.8 Å². The van der Waals surface area contributed by atoms with E-state index >= 15 is 0 Å². The van der Waals surface area contributed by atoms with Crippen molar-refractivity contribution in [3.8, 4) is 28.1 Å². The summed E-state index contributed by atoms with van der Waals surface area (Å²) in [5, 5.41) is 11.2. The number of pyridine rings is 1. The van der Waals surface area contributed by atoms with Crippen LogP contribution >= 0.6 is 15.9 Å². The summed E-state index contributed by atoms with van der Waals surface area (Å²) < 4.78 is 12.5. The predicted molar refractivity (Wildman–Crippen MR) is 112 cm³/mol. The number of benzene rings is 2. The van der Waals surface area contributed by atoms with Crippen LogP contribution in [-0.4, -0.2) is 30.8 Å². The van der Waals surface area contributed by atoms with E-state index < -0.39 is 5.97 Å². The second kappa shape index (κ2) is 10.6. The van der Waals surface area contributed by atoms with Crippen LogP contribution in [0.25, 0.3) is 22.4 Å². The summed E-state index contributed by atoms with van der Waals surface area (Å²) in [4.78, 5) is 15.5. The molecule has 0 saturated carbocycles. The van der Waals surface area contributed by atoms with Gasteiger partial charge in [0.25, 0.3) is 0 Å². The SMILES string of the molecule is O=C([O-])c1cccc(-c2ccccc2-c2cc(Br)ccc2OC[C@@H]2CCOC2)n1.[Na+]. The zero-order chi connectivity index (χ0) is 20.2. The third-order valence-electron chi connectivity index (χ3n) is 4.89. The number of halogens is 1. The van der Waals surface area contributed by atoms with Crippen LogP contribution in [0.1, 0.15) is 16.9 Å². The number of ether oxygens (including phenoxy) is 2. The van der Waals surface area contributed by atoms with Gasteiger partial charge in [0.15, 0.2) is 0 Å². The minimum absolute atomic E-state index is 0. The van der Waals surface area contributed by atoms with E-state index in [0.717, 1.165) is 46.5 Å². The molecule has 7 heteroatoms. The molecule has 1 fully saturated rings. The number of rotatable bonds is 6. The first-order valence-electron chi connectivity index (χ1n) is 9.40. The van der Waals surface area contributed by atoms with Crippen LogP contribution in [0.2, 0.25) is 0 Å². The molecule has 5 nitrogen and oxygen atoms in total. The molecular formula is C23H19BrNNaO4. The fourth-order valence-corrected chi connectivity index (χ4v) is 3.76. The van der Waals surface area contributed by atoms with Gasteiger partial charge in [-0.25, -0.2) is 4.98 Å². The Labute approximate surface area is 205 Å². The molecule has 1 aromatic heterocycles. The van der Waals surface area contributed by atoms with Crippen molar-refractivity contribution in [1.29, 1.82) is 0 Å². The Morgan fingerprint density at radius 2 is 1.90 bits per heavy atom. The van der Waals surface area contributed by atoms with E-state index in [-0.39, 0.29) is 35.3 Å². The van der Waals surface area contributed by atoms with Gasteiger partial charge in [-0.3, -0.25) is 0 Å². The van der Waals surface area contributed by atoms with Crippen LogP contribution in [0.4, 0.5) is 0 Å². The van der Waals surface area contributed by atoms with Crippen molar-refractivity contribution < 1.29 is 48.9 Å². The molecule has 1 saturated heterocycles. The van der Waals surface area contributed by atoms with Crippen LogP contribution in [0.15, 0.2) is 65.1 Å². The van der Waals surface area contributed by atoms with E-state index in [2.05, 4.69) is 20.9 Å². The van der Waals surface area contributed by atoms with Gasteiger partial charge < -0.3 is 19.4 Å². The molecule has 0 spiro atoms. The average Bonchev–Trinajstić information content (AvgIpc) is 3.26. The molecule has 0 N–H and O–H groups in total. The summed E-state index contributed by atoms with van der Waals surface area (Å²) in [5.41, 5.74) is 3.12. The number of aromatic nitrogens is 1. The van der Waals surface area contributed by atoms with Crippen molar-refractivity contribution >= 4 is 21.9 Å².